The van der Waals surface area contributed by atoms with E-state index in [9.17, 15) is 4.79 Å². The predicted octanol–water partition coefficient (Wildman–Crippen LogP) is -0.668. The molecule has 4 nitrogen and oxygen atoms in total. The third kappa shape index (κ3) is 1.39. The summed E-state index contributed by atoms with van der Waals surface area (Å²) < 4.78 is 0.763. The Balaban J connectivity index is 2.53. The molecule has 0 spiro atoms. The average molecular weight is 144 g/mol. The number of carbonyl (C=O) groups is 1. The molecule has 0 aromatic rings. The van der Waals surface area contributed by atoms with Crippen molar-refractivity contribution in [2.45, 2.75) is 6.17 Å². The molecule has 0 aromatic carbocycles. The third-order valence-electron chi connectivity index (χ3n) is 1.69. The van der Waals surface area contributed by atoms with Crippen molar-refractivity contribution in [3.8, 4) is 0 Å². The molecular formula is C6H14N3O+. The molecule has 1 aliphatic rings. The highest BCUT2D eigenvalue weighted by Gasteiger charge is 2.30. The molecule has 0 radical (unpaired) electrons. The number of hydrogen-bond donors (Lipinski definition) is 2. The van der Waals surface area contributed by atoms with Crippen LogP contribution in [0, 0.1) is 0 Å². The van der Waals surface area contributed by atoms with E-state index in [1.165, 1.54) is 0 Å². The van der Waals surface area contributed by atoms with Gasteiger partial charge in [-0.15, -0.1) is 0 Å². The first-order valence-electron chi connectivity index (χ1n) is 3.35. The van der Waals surface area contributed by atoms with Gasteiger partial charge in [0.15, 0.2) is 6.17 Å². The Morgan fingerprint density at radius 1 is 1.50 bits per heavy atom. The first-order valence-corrected chi connectivity index (χ1v) is 3.35. The van der Waals surface area contributed by atoms with Crippen LogP contribution in [-0.4, -0.2) is 44.4 Å². The van der Waals surface area contributed by atoms with Crippen LogP contribution < -0.4 is 10.6 Å². The molecule has 1 aliphatic heterocycles. The molecule has 4 heteroatoms. The fraction of sp³-hybridized carbons (Fsp3) is 0.833. The molecular weight excluding hydrogens is 130 g/mol. The van der Waals surface area contributed by atoms with E-state index in [1.54, 1.807) is 0 Å². The van der Waals surface area contributed by atoms with Crippen LogP contribution in [0.1, 0.15) is 0 Å². The zero-order valence-corrected chi connectivity index (χ0v) is 6.64. The predicted molar refractivity (Wildman–Crippen MR) is 38.4 cm³/mol. The molecule has 10 heavy (non-hydrogen) atoms. The summed E-state index contributed by atoms with van der Waals surface area (Å²) in [5.74, 6) is 0. The largest absolute Gasteiger partial charge is 0.330 e. The van der Waals surface area contributed by atoms with Crippen molar-refractivity contribution in [3.05, 3.63) is 0 Å². The Morgan fingerprint density at radius 2 is 2.10 bits per heavy atom. The van der Waals surface area contributed by atoms with Gasteiger partial charge in [0.25, 0.3) is 0 Å². The fourth-order valence-corrected chi connectivity index (χ4v) is 0.910. The second kappa shape index (κ2) is 2.12. The van der Waals surface area contributed by atoms with Crippen molar-refractivity contribution in [2.24, 2.45) is 0 Å². The lowest BCUT2D eigenvalue weighted by atomic mass is 10.4. The Labute approximate surface area is 60.8 Å². The monoisotopic (exact) mass is 144 g/mol. The molecule has 0 aromatic heterocycles. The van der Waals surface area contributed by atoms with Crippen molar-refractivity contribution in [3.63, 3.8) is 0 Å². The van der Waals surface area contributed by atoms with Gasteiger partial charge in [-0.1, -0.05) is 0 Å². The number of likely N-dealkylation sites (N-methyl/N-ethyl adjacent to an activating group) is 1. The lowest BCUT2D eigenvalue weighted by Gasteiger charge is -2.29. The molecule has 2 amide bonds. The minimum absolute atomic E-state index is 0.0574. The van der Waals surface area contributed by atoms with Crippen LogP contribution in [0.25, 0.3) is 0 Å². The van der Waals surface area contributed by atoms with Crippen LogP contribution in [0.15, 0.2) is 0 Å². The maximum Gasteiger partial charge on any atom is 0.319 e. The lowest BCUT2D eigenvalue weighted by Crippen LogP contribution is -2.52. The summed E-state index contributed by atoms with van der Waals surface area (Å²) in [5, 5.41) is 5.53. The van der Waals surface area contributed by atoms with Crippen molar-refractivity contribution in [2.75, 3.05) is 27.7 Å². The van der Waals surface area contributed by atoms with Crippen LogP contribution in [0.5, 0.6) is 0 Å². The van der Waals surface area contributed by atoms with Crippen LogP contribution in [0.3, 0.4) is 0 Å². The van der Waals surface area contributed by atoms with E-state index in [0.29, 0.717) is 0 Å². The first-order chi connectivity index (χ1) is 4.50. The van der Waals surface area contributed by atoms with Crippen molar-refractivity contribution in [1.82, 2.24) is 10.6 Å². The van der Waals surface area contributed by atoms with Gasteiger partial charge in [0, 0.05) is 0 Å². The molecule has 1 atom stereocenters. The second-order valence-corrected chi connectivity index (χ2v) is 3.49. The number of rotatable bonds is 1. The SMILES string of the molecule is C[N+](C)(C)C1CNC(=O)N1. The summed E-state index contributed by atoms with van der Waals surface area (Å²) in [6, 6.07) is -0.0574. The highest BCUT2D eigenvalue weighted by Crippen LogP contribution is 2.01. The standard InChI is InChI=1S/C6H13N3O/c1-9(2,3)5-4-7-6(10)8-5/h5H,4H2,1-3H3,(H-,7,8,10)/p+1. The van der Waals surface area contributed by atoms with E-state index in [-0.39, 0.29) is 12.2 Å². The molecule has 1 unspecified atom stereocenters. The first kappa shape index (κ1) is 7.34. The number of hydrogen-bond acceptors (Lipinski definition) is 1. The molecule has 1 saturated heterocycles. The van der Waals surface area contributed by atoms with Gasteiger partial charge >= 0.3 is 6.03 Å². The zero-order valence-electron chi connectivity index (χ0n) is 6.64. The van der Waals surface area contributed by atoms with Crippen molar-refractivity contribution in [1.29, 1.82) is 0 Å². The summed E-state index contributed by atoms with van der Waals surface area (Å²) in [7, 11) is 6.16. The van der Waals surface area contributed by atoms with Crippen LogP contribution in [0.4, 0.5) is 4.79 Å². The van der Waals surface area contributed by atoms with Crippen molar-refractivity contribution < 1.29 is 9.28 Å². The Hall–Kier alpha value is -0.770. The number of amides is 2. The Kier molecular flexibility index (Phi) is 1.56. The maximum atomic E-state index is 10.7. The number of nitrogens with zero attached hydrogens (tertiary/aromatic N) is 1. The maximum absolute atomic E-state index is 10.7. The highest BCUT2D eigenvalue weighted by molar-refractivity contribution is 5.76. The quantitative estimate of drug-likeness (QED) is 0.471. The van der Waals surface area contributed by atoms with E-state index in [2.05, 4.69) is 31.8 Å². The van der Waals surface area contributed by atoms with Crippen LogP contribution in [0.2, 0.25) is 0 Å². The summed E-state index contributed by atoms with van der Waals surface area (Å²) in [6.07, 6.45) is 0.215. The summed E-state index contributed by atoms with van der Waals surface area (Å²) in [6.45, 7) is 0.725. The topological polar surface area (TPSA) is 41.1 Å². The van der Waals surface area contributed by atoms with Crippen LogP contribution >= 0.6 is 0 Å². The summed E-state index contributed by atoms with van der Waals surface area (Å²) >= 11 is 0. The number of quaternary nitrogens is 1. The van der Waals surface area contributed by atoms with Gasteiger partial charge in [-0.3, -0.25) is 5.32 Å². The van der Waals surface area contributed by atoms with E-state index in [4.69, 9.17) is 0 Å². The van der Waals surface area contributed by atoms with Crippen LogP contribution in [-0.2, 0) is 0 Å². The fourth-order valence-electron chi connectivity index (χ4n) is 0.910. The Morgan fingerprint density at radius 3 is 2.30 bits per heavy atom. The molecule has 1 fully saturated rings. The molecule has 1 heterocycles. The summed E-state index contributed by atoms with van der Waals surface area (Å²) in [4.78, 5) is 10.7. The number of nitrogens with one attached hydrogen (secondary N) is 2. The average Bonchev–Trinajstić information content (AvgIpc) is 2.11. The molecule has 58 valence electrons. The van der Waals surface area contributed by atoms with Crippen molar-refractivity contribution >= 4 is 6.03 Å². The van der Waals surface area contributed by atoms with E-state index < -0.39 is 0 Å². The third-order valence-corrected chi connectivity index (χ3v) is 1.69. The number of urea groups is 1. The zero-order chi connectivity index (χ0) is 7.78. The summed E-state index contributed by atoms with van der Waals surface area (Å²) in [5.41, 5.74) is 0. The van der Waals surface area contributed by atoms with Gasteiger partial charge < -0.3 is 9.80 Å². The smallest absolute Gasteiger partial charge is 0.319 e. The van der Waals surface area contributed by atoms with Gasteiger partial charge in [0.2, 0.25) is 0 Å². The van der Waals surface area contributed by atoms with E-state index >= 15 is 0 Å². The van der Waals surface area contributed by atoms with Gasteiger partial charge in [0.1, 0.15) is 0 Å². The van der Waals surface area contributed by atoms with Gasteiger partial charge in [-0.2, -0.15) is 0 Å². The highest BCUT2D eigenvalue weighted by atomic mass is 16.2. The molecule has 2 N–H and O–H groups in total. The van der Waals surface area contributed by atoms with E-state index in [1.807, 2.05) is 0 Å². The molecule has 0 aliphatic carbocycles. The molecule has 1 rings (SSSR count). The minimum atomic E-state index is -0.0574. The normalized spacial score (nSPS) is 25.9. The van der Waals surface area contributed by atoms with E-state index in [0.717, 1.165) is 11.0 Å². The molecule has 0 bridgehead atoms. The minimum Gasteiger partial charge on any atom is -0.330 e. The second-order valence-electron chi connectivity index (χ2n) is 3.49. The lowest BCUT2D eigenvalue weighted by molar-refractivity contribution is -0.895. The van der Waals surface area contributed by atoms with Gasteiger partial charge in [-0.25, -0.2) is 4.79 Å². The molecule has 0 saturated carbocycles. The van der Waals surface area contributed by atoms with Gasteiger partial charge in [0.05, 0.1) is 27.7 Å². The van der Waals surface area contributed by atoms with Gasteiger partial charge in [-0.05, 0) is 0 Å². The Bertz CT molecular complexity index is 150. The number of carbonyl (C=O) groups excluding carboxylic acids is 1.